The quantitative estimate of drug-likeness (QED) is 0.637. The fourth-order valence-electron chi connectivity index (χ4n) is 2.63. The number of nitrogens with zero attached hydrogens (tertiary/aromatic N) is 2. The van der Waals surface area contributed by atoms with Crippen LogP contribution in [0.4, 0.5) is 13.2 Å². The van der Waals surface area contributed by atoms with Crippen LogP contribution >= 0.6 is 11.6 Å². The number of hydrogen-bond acceptors (Lipinski definition) is 4. The lowest BCUT2D eigenvalue weighted by Crippen LogP contribution is -2.24. The van der Waals surface area contributed by atoms with E-state index in [-0.39, 0.29) is 31.1 Å². The summed E-state index contributed by atoms with van der Waals surface area (Å²) < 4.78 is 50.7. The Bertz CT molecular complexity index is 853. The van der Waals surface area contributed by atoms with Crippen molar-refractivity contribution in [1.82, 2.24) is 15.1 Å². The number of hydrogen-bond donors (Lipinski definition) is 1. The number of rotatable bonds is 9. The summed E-state index contributed by atoms with van der Waals surface area (Å²) in [5.74, 6) is 0.884. The van der Waals surface area contributed by atoms with Crippen molar-refractivity contribution in [2.24, 2.45) is 0 Å². The van der Waals surface area contributed by atoms with Crippen molar-refractivity contribution < 1.29 is 27.4 Å². The molecule has 0 unspecified atom stereocenters. The molecular weight excluding hydrogens is 411 g/mol. The average molecular weight is 434 g/mol. The zero-order valence-corrected chi connectivity index (χ0v) is 17.2. The lowest BCUT2D eigenvalue weighted by Gasteiger charge is -2.13. The molecule has 1 amide bonds. The first-order valence-electron chi connectivity index (χ1n) is 9.12. The number of halogens is 4. The van der Waals surface area contributed by atoms with E-state index in [1.54, 1.807) is 18.2 Å². The van der Waals surface area contributed by atoms with Gasteiger partial charge in [0.1, 0.15) is 0 Å². The molecule has 1 aromatic heterocycles. The van der Waals surface area contributed by atoms with Gasteiger partial charge in [-0.1, -0.05) is 17.7 Å². The predicted octanol–water partition coefficient (Wildman–Crippen LogP) is 4.37. The van der Waals surface area contributed by atoms with E-state index in [4.69, 9.17) is 21.1 Å². The minimum Gasteiger partial charge on any atom is -0.490 e. The molecule has 0 aliphatic rings. The number of alkyl halides is 3. The maximum atomic E-state index is 12.9. The molecule has 6 nitrogen and oxygen atoms in total. The summed E-state index contributed by atoms with van der Waals surface area (Å²) >= 11 is 5.70. The number of carbonyl (C=O) groups is 1. The Kier molecular flexibility index (Phi) is 7.78. The van der Waals surface area contributed by atoms with Crippen molar-refractivity contribution in [2.45, 2.75) is 46.5 Å². The van der Waals surface area contributed by atoms with Crippen LogP contribution in [0.1, 0.15) is 37.2 Å². The van der Waals surface area contributed by atoms with Crippen LogP contribution < -0.4 is 14.8 Å². The van der Waals surface area contributed by atoms with Crippen LogP contribution in [-0.4, -0.2) is 28.9 Å². The first kappa shape index (κ1) is 22.9. The van der Waals surface area contributed by atoms with Gasteiger partial charge in [0, 0.05) is 13.0 Å². The maximum Gasteiger partial charge on any atom is 0.436 e. The van der Waals surface area contributed by atoms with Crippen molar-refractivity contribution >= 4 is 17.5 Å². The number of aromatic nitrogens is 2. The van der Waals surface area contributed by atoms with Gasteiger partial charge in [-0.15, -0.1) is 0 Å². The lowest BCUT2D eigenvalue weighted by atomic mass is 10.2. The maximum absolute atomic E-state index is 12.9. The molecule has 29 heavy (non-hydrogen) atoms. The van der Waals surface area contributed by atoms with Crippen molar-refractivity contribution in [3.63, 3.8) is 0 Å². The Morgan fingerprint density at radius 2 is 1.86 bits per heavy atom. The van der Waals surface area contributed by atoms with Crippen LogP contribution in [0.5, 0.6) is 11.5 Å². The molecule has 160 valence electrons. The SMILES string of the molecule is CCOc1ccc(CNC(=O)CCn2nc(C(F)(F)F)c(Cl)c2C)cc1OCC. The highest BCUT2D eigenvalue weighted by Gasteiger charge is 2.38. The van der Waals surface area contributed by atoms with Gasteiger partial charge < -0.3 is 14.8 Å². The van der Waals surface area contributed by atoms with E-state index in [1.165, 1.54) is 6.92 Å². The molecule has 0 radical (unpaired) electrons. The van der Waals surface area contributed by atoms with E-state index in [2.05, 4.69) is 10.4 Å². The van der Waals surface area contributed by atoms with E-state index in [0.717, 1.165) is 10.2 Å². The van der Waals surface area contributed by atoms with Crippen LogP contribution in [0.15, 0.2) is 18.2 Å². The van der Waals surface area contributed by atoms with Crippen LogP contribution in [0, 0.1) is 6.92 Å². The summed E-state index contributed by atoms with van der Waals surface area (Å²) in [6.45, 7) is 6.37. The second-order valence-corrected chi connectivity index (χ2v) is 6.52. The molecular formula is C19H23ClF3N3O3. The number of carbonyl (C=O) groups excluding carboxylic acids is 1. The van der Waals surface area contributed by atoms with Crippen LogP contribution in [-0.2, 0) is 24.1 Å². The fraction of sp³-hybridized carbons (Fsp3) is 0.474. The van der Waals surface area contributed by atoms with Gasteiger partial charge in [0.05, 0.1) is 30.5 Å². The molecule has 0 bridgehead atoms. The minimum atomic E-state index is -4.64. The summed E-state index contributed by atoms with van der Waals surface area (Å²) in [5, 5.41) is 5.76. The smallest absolute Gasteiger partial charge is 0.436 e. The molecule has 0 saturated heterocycles. The van der Waals surface area contributed by atoms with Gasteiger partial charge in [-0.3, -0.25) is 9.48 Å². The van der Waals surface area contributed by atoms with Gasteiger partial charge in [0.2, 0.25) is 5.91 Å². The predicted molar refractivity (Wildman–Crippen MR) is 102 cm³/mol. The largest absolute Gasteiger partial charge is 0.490 e. The zero-order valence-electron chi connectivity index (χ0n) is 16.4. The Balaban J connectivity index is 1.95. The molecule has 2 aromatic rings. The van der Waals surface area contributed by atoms with E-state index < -0.39 is 16.9 Å². The molecule has 0 fully saturated rings. The van der Waals surface area contributed by atoms with E-state index in [0.29, 0.717) is 24.7 Å². The standard InChI is InChI=1S/C19H23ClF3N3O3/c1-4-28-14-7-6-13(10-15(14)29-5-2)11-24-16(27)8-9-26-12(3)17(20)18(25-26)19(21,22)23/h6-7,10H,4-5,8-9,11H2,1-3H3,(H,24,27). The molecule has 0 atom stereocenters. The third kappa shape index (κ3) is 6.03. The van der Waals surface area contributed by atoms with Crippen LogP contribution in [0.2, 0.25) is 5.02 Å². The van der Waals surface area contributed by atoms with Crippen molar-refractivity contribution in [3.05, 3.63) is 40.2 Å². The normalized spacial score (nSPS) is 11.4. The van der Waals surface area contributed by atoms with E-state index >= 15 is 0 Å². The molecule has 10 heteroatoms. The van der Waals surface area contributed by atoms with Crippen molar-refractivity contribution in [1.29, 1.82) is 0 Å². The van der Waals surface area contributed by atoms with Gasteiger partial charge in [0.15, 0.2) is 17.2 Å². The summed E-state index contributed by atoms with van der Waals surface area (Å²) in [6, 6.07) is 5.35. The van der Waals surface area contributed by atoms with Gasteiger partial charge in [-0.25, -0.2) is 0 Å². The first-order chi connectivity index (χ1) is 13.7. The summed E-state index contributed by atoms with van der Waals surface area (Å²) in [6.07, 6.45) is -4.67. The summed E-state index contributed by atoms with van der Waals surface area (Å²) in [4.78, 5) is 12.1. The molecule has 2 rings (SSSR count). The Hall–Kier alpha value is -2.42. The molecule has 0 aliphatic carbocycles. The highest BCUT2D eigenvalue weighted by molar-refractivity contribution is 6.31. The van der Waals surface area contributed by atoms with Crippen LogP contribution in [0.3, 0.4) is 0 Å². The van der Waals surface area contributed by atoms with E-state index in [9.17, 15) is 18.0 Å². The highest BCUT2D eigenvalue weighted by Crippen LogP contribution is 2.35. The van der Waals surface area contributed by atoms with Crippen LogP contribution in [0.25, 0.3) is 0 Å². The summed E-state index contributed by atoms with van der Waals surface area (Å²) in [5.41, 5.74) is -0.169. The lowest BCUT2D eigenvalue weighted by molar-refractivity contribution is -0.141. The van der Waals surface area contributed by atoms with E-state index in [1.807, 2.05) is 13.8 Å². The van der Waals surface area contributed by atoms with Gasteiger partial charge in [0.25, 0.3) is 0 Å². The minimum absolute atomic E-state index is 0.0130. The van der Waals surface area contributed by atoms with Gasteiger partial charge in [-0.2, -0.15) is 18.3 Å². The molecule has 1 N–H and O–H groups in total. The number of benzene rings is 1. The second-order valence-electron chi connectivity index (χ2n) is 6.14. The first-order valence-corrected chi connectivity index (χ1v) is 9.50. The summed E-state index contributed by atoms with van der Waals surface area (Å²) in [7, 11) is 0. The topological polar surface area (TPSA) is 65.4 Å². The number of ether oxygens (including phenoxy) is 2. The Morgan fingerprint density at radius 3 is 2.45 bits per heavy atom. The third-order valence-corrected chi connectivity index (χ3v) is 4.50. The third-order valence-electron chi connectivity index (χ3n) is 4.05. The van der Waals surface area contributed by atoms with Crippen molar-refractivity contribution in [3.8, 4) is 11.5 Å². The molecule has 1 heterocycles. The number of amides is 1. The zero-order chi connectivity index (χ0) is 21.6. The monoisotopic (exact) mass is 433 g/mol. The molecule has 0 saturated carbocycles. The number of aryl methyl sites for hydroxylation is 1. The molecule has 1 aromatic carbocycles. The Labute approximate surface area is 171 Å². The van der Waals surface area contributed by atoms with Gasteiger partial charge >= 0.3 is 6.18 Å². The molecule has 0 aliphatic heterocycles. The second kappa shape index (κ2) is 9.87. The average Bonchev–Trinajstić information content (AvgIpc) is 2.95. The number of nitrogens with one attached hydrogen (secondary N) is 1. The molecule has 0 spiro atoms. The van der Waals surface area contributed by atoms with Gasteiger partial charge in [-0.05, 0) is 38.5 Å². The Morgan fingerprint density at radius 1 is 1.21 bits per heavy atom. The van der Waals surface area contributed by atoms with Crippen molar-refractivity contribution in [2.75, 3.05) is 13.2 Å². The highest BCUT2D eigenvalue weighted by atomic mass is 35.5. The fourth-order valence-corrected chi connectivity index (χ4v) is 2.87.